The molecule has 0 heterocycles. The van der Waals surface area contributed by atoms with Crippen LogP contribution in [-0.4, -0.2) is 18.6 Å². The van der Waals surface area contributed by atoms with Gasteiger partial charge in [0.05, 0.1) is 6.54 Å². The van der Waals surface area contributed by atoms with Crippen LogP contribution in [0.2, 0.25) is 0 Å². The van der Waals surface area contributed by atoms with Crippen molar-refractivity contribution in [3.8, 4) is 12.3 Å². The van der Waals surface area contributed by atoms with E-state index in [2.05, 4.69) is 25.1 Å². The number of nitrogens with one attached hydrogen (secondary N) is 1. The summed E-state index contributed by atoms with van der Waals surface area (Å²) >= 11 is 0. The summed E-state index contributed by atoms with van der Waals surface area (Å²) in [6.45, 7) is 5.94. The summed E-state index contributed by atoms with van der Waals surface area (Å²) in [6, 6.07) is 0. The Morgan fingerprint density at radius 2 is 2.00 bits per heavy atom. The van der Waals surface area contributed by atoms with Gasteiger partial charge in [-0.15, -0.1) is 6.42 Å². The van der Waals surface area contributed by atoms with E-state index in [0.29, 0.717) is 13.1 Å². The van der Waals surface area contributed by atoms with Crippen molar-refractivity contribution in [2.45, 2.75) is 38.6 Å². The molecule has 0 aliphatic heterocycles. The zero-order valence-corrected chi connectivity index (χ0v) is 9.34. The summed E-state index contributed by atoms with van der Waals surface area (Å²) in [4.78, 5) is 0. The molecule has 0 aromatic heterocycles. The number of hydrogen-bond donors (Lipinski definition) is 2. The second-order valence-corrected chi connectivity index (χ2v) is 4.90. The molecule has 80 valence electrons. The molecule has 1 aliphatic carbocycles. The maximum absolute atomic E-state index is 5.87. The highest BCUT2D eigenvalue weighted by molar-refractivity contribution is 4.99. The summed E-state index contributed by atoms with van der Waals surface area (Å²) in [5.41, 5.74) is 5.97. The topological polar surface area (TPSA) is 38.0 Å². The number of terminal acetylenes is 1. The third kappa shape index (κ3) is 2.73. The van der Waals surface area contributed by atoms with Crippen LogP contribution in [0.15, 0.2) is 0 Å². The molecule has 2 nitrogen and oxygen atoms in total. The van der Waals surface area contributed by atoms with Gasteiger partial charge in [0.25, 0.3) is 0 Å². The average molecular weight is 194 g/mol. The molecule has 0 saturated heterocycles. The molecule has 0 spiro atoms. The summed E-state index contributed by atoms with van der Waals surface area (Å²) < 4.78 is 0. The predicted molar refractivity (Wildman–Crippen MR) is 60.8 cm³/mol. The Morgan fingerprint density at radius 3 is 2.43 bits per heavy atom. The Balaban J connectivity index is 2.62. The van der Waals surface area contributed by atoms with Crippen LogP contribution in [0, 0.1) is 24.2 Å². The van der Waals surface area contributed by atoms with E-state index in [1.807, 2.05) is 0 Å². The first kappa shape index (κ1) is 11.6. The normalized spacial score (nSPS) is 37.9. The molecule has 1 aliphatic rings. The van der Waals surface area contributed by atoms with Crippen molar-refractivity contribution in [3.05, 3.63) is 0 Å². The zero-order chi connectivity index (χ0) is 10.6. The molecule has 2 unspecified atom stereocenters. The molecular formula is C12H22N2. The van der Waals surface area contributed by atoms with Crippen LogP contribution < -0.4 is 11.1 Å². The lowest BCUT2D eigenvalue weighted by molar-refractivity contribution is 0.155. The summed E-state index contributed by atoms with van der Waals surface area (Å²) in [5.74, 6) is 4.15. The van der Waals surface area contributed by atoms with E-state index < -0.39 is 0 Å². The van der Waals surface area contributed by atoms with E-state index in [1.54, 1.807) is 0 Å². The van der Waals surface area contributed by atoms with Gasteiger partial charge >= 0.3 is 0 Å². The minimum atomic E-state index is 0.101. The van der Waals surface area contributed by atoms with Crippen molar-refractivity contribution in [2.24, 2.45) is 17.6 Å². The first-order valence-corrected chi connectivity index (χ1v) is 5.50. The smallest absolute Gasteiger partial charge is 0.0578 e. The van der Waals surface area contributed by atoms with Crippen molar-refractivity contribution in [2.75, 3.05) is 13.1 Å². The SMILES string of the molecule is C#CCNC1(CN)CC(C)CC(C)C1. The van der Waals surface area contributed by atoms with Crippen LogP contribution in [-0.2, 0) is 0 Å². The fourth-order valence-corrected chi connectivity index (χ4v) is 2.89. The van der Waals surface area contributed by atoms with Gasteiger partial charge in [-0.1, -0.05) is 19.8 Å². The first-order chi connectivity index (χ1) is 6.62. The molecule has 1 saturated carbocycles. The van der Waals surface area contributed by atoms with Gasteiger partial charge in [-0.3, -0.25) is 5.32 Å². The molecule has 3 N–H and O–H groups in total. The lowest BCUT2D eigenvalue weighted by Gasteiger charge is -2.42. The average Bonchev–Trinajstić information content (AvgIpc) is 2.13. The zero-order valence-electron chi connectivity index (χ0n) is 9.34. The highest BCUT2D eigenvalue weighted by Crippen LogP contribution is 2.35. The molecule has 0 radical (unpaired) electrons. The van der Waals surface area contributed by atoms with Crippen molar-refractivity contribution < 1.29 is 0 Å². The molecular weight excluding hydrogens is 172 g/mol. The van der Waals surface area contributed by atoms with E-state index in [0.717, 1.165) is 24.7 Å². The van der Waals surface area contributed by atoms with Gasteiger partial charge in [0.2, 0.25) is 0 Å². The third-order valence-corrected chi connectivity index (χ3v) is 3.24. The molecule has 0 aromatic carbocycles. The monoisotopic (exact) mass is 194 g/mol. The van der Waals surface area contributed by atoms with E-state index in [1.165, 1.54) is 6.42 Å². The van der Waals surface area contributed by atoms with E-state index in [-0.39, 0.29) is 5.54 Å². The molecule has 2 heteroatoms. The summed E-state index contributed by atoms with van der Waals surface area (Å²) in [7, 11) is 0. The van der Waals surface area contributed by atoms with Gasteiger partial charge in [-0.25, -0.2) is 0 Å². The van der Waals surface area contributed by atoms with Crippen molar-refractivity contribution in [3.63, 3.8) is 0 Å². The maximum Gasteiger partial charge on any atom is 0.0578 e. The highest BCUT2D eigenvalue weighted by Gasteiger charge is 2.35. The van der Waals surface area contributed by atoms with Crippen LogP contribution in [0.4, 0.5) is 0 Å². The van der Waals surface area contributed by atoms with E-state index in [4.69, 9.17) is 12.2 Å². The summed E-state index contributed by atoms with van der Waals surface area (Å²) in [5, 5.41) is 3.43. The van der Waals surface area contributed by atoms with Gasteiger partial charge in [0.15, 0.2) is 0 Å². The Morgan fingerprint density at radius 1 is 1.43 bits per heavy atom. The number of hydrogen-bond acceptors (Lipinski definition) is 2. The number of rotatable bonds is 3. The Hall–Kier alpha value is -0.520. The second-order valence-electron chi connectivity index (χ2n) is 4.90. The number of nitrogens with two attached hydrogens (primary N) is 1. The fraction of sp³-hybridized carbons (Fsp3) is 0.833. The highest BCUT2D eigenvalue weighted by atomic mass is 15.0. The van der Waals surface area contributed by atoms with Crippen LogP contribution in [0.1, 0.15) is 33.1 Å². The molecule has 2 atom stereocenters. The maximum atomic E-state index is 5.87. The Kier molecular flexibility index (Phi) is 3.97. The van der Waals surface area contributed by atoms with Crippen molar-refractivity contribution >= 4 is 0 Å². The largest absolute Gasteiger partial charge is 0.329 e. The van der Waals surface area contributed by atoms with Crippen LogP contribution >= 0.6 is 0 Å². The molecule has 1 rings (SSSR count). The molecule has 0 bridgehead atoms. The first-order valence-electron chi connectivity index (χ1n) is 5.50. The Bertz CT molecular complexity index is 207. The van der Waals surface area contributed by atoms with E-state index in [9.17, 15) is 0 Å². The van der Waals surface area contributed by atoms with Crippen molar-refractivity contribution in [1.29, 1.82) is 0 Å². The minimum absolute atomic E-state index is 0.101. The summed E-state index contributed by atoms with van der Waals surface area (Å²) in [6.07, 6.45) is 8.92. The minimum Gasteiger partial charge on any atom is -0.329 e. The second kappa shape index (κ2) is 4.82. The molecule has 1 fully saturated rings. The predicted octanol–water partition coefficient (Wildman–Crippen LogP) is 1.36. The van der Waals surface area contributed by atoms with Crippen LogP contribution in [0.5, 0.6) is 0 Å². The van der Waals surface area contributed by atoms with Gasteiger partial charge in [0.1, 0.15) is 0 Å². The lowest BCUT2D eigenvalue weighted by Crippen LogP contribution is -2.55. The van der Waals surface area contributed by atoms with E-state index >= 15 is 0 Å². The van der Waals surface area contributed by atoms with Gasteiger partial charge in [-0.2, -0.15) is 0 Å². The third-order valence-electron chi connectivity index (χ3n) is 3.24. The van der Waals surface area contributed by atoms with Gasteiger partial charge in [-0.05, 0) is 31.1 Å². The molecule has 0 aromatic rings. The fourth-order valence-electron chi connectivity index (χ4n) is 2.89. The molecule has 14 heavy (non-hydrogen) atoms. The standard InChI is InChI=1S/C12H22N2/c1-4-5-14-12(9-13)7-10(2)6-11(3)8-12/h1,10-11,14H,5-9,13H2,2-3H3. The van der Waals surface area contributed by atoms with Crippen LogP contribution in [0.25, 0.3) is 0 Å². The molecule has 0 amide bonds. The van der Waals surface area contributed by atoms with Gasteiger partial charge in [0, 0.05) is 12.1 Å². The Labute approximate surface area is 87.6 Å². The quantitative estimate of drug-likeness (QED) is 0.666. The lowest BCUT2D eigenvalue weighted by atomic mass is 9.71. The van der Waals surface area contributed by atoms with Crippen molar-refractivity contribution in [1.82, 2.24) is 5.32 Å². The van der Waals surface area contributed by atoms with Crippen LogP contribution in [0.3, 0.4) is 0 Å². The van der Waals surface area contributed by atoms with Gasteiger partial charge < -0.3 is 5.73 Å².